The van der Waals surface area contributed by atoms with Crippen molar-refractivity contribution in [2.24, 2.45) is 0 Å². The molecule has 2 N–H and O–H groups in total. The first-order valence-corrected chi connectivity index (χ1v) is 7.97. The van der Waals surface area contributed by atoms with Gasteiger partial charge in [0.05, 0.1) is 17.1 Å². The maximum atomic E-state index is 12.5. The van der Waals surface area contributed by atoms with Crippen LogP contribution in [0.25, 0.3) is 0 Å². The van der Waals surface area contributed by atoms with Gasteiger partial charge in [-0.05, 0) is 41.1 Å². The number of sulfonamides is 1. The van der Waals surface area contributed by atoms with Gasteiger partial charge in [0.15, 0.2) is 0 Å². The molecule has 2 aromatic rings. The van der Waals surface area contributed by atoms with Crippen molar-refractivity contribution >= 4 is 31.6 Å². The van der Waals surface area contributed by atoms with Crippen LogP contribution < -0.4 is 5.73 Å². The molecule has 1 heterocycles. The number of nitrogens with zero attached hydrogens (tertiary/aromatic N) is 2. The molecule has 6 nitrogen and oxygen atoms in total. The second-order valence-electron chi connectivity index (χ2n) is 4.38. The van der Waals surface area contributed by atoms with Gasteiger partial charge in [-0.15, -0.1) is 0 Å². The maximum absolute atomic E-state index is 12.5. The molecule has 0 radical (unpaired) electrons. The molecule has 1 aromatic heterocycles. The Hall–Kier alpha value is -1.38. The van der Waals surface area contributed by atoms with Crippen molar-refractivity contribution in [3.05, 3.63) is 40.2 Å². The summed E-state index contributed by atoms with van der Waals surface area (Å²) in [6.07, 6.45) is 0. The highest BCUT2D eigenvalue weighted by Gasteiger charge is 2.24. The zero-order valence-electron chi connectivity index (χ0n) is 11.0. The average Bonchev–Trinajstić information content (AvgIpc) is 2.74. The molecule has 1 aromatic carbocycles. The quantitative estimate of drug-likeness (QED) is 0.844. The third-order valence-corrected chi connectivity index (χ3v) is 5.49. The van der Waals surface area contributed by atoms with Crippen molar-refractivity contribution in [3.8, 4) is 0 Å². The van der Waals surface area contributed by atoms with Gasteiger partial charge >= 0.3 is 0 Å². The average molecular weight is 360 g/mol. The van der Waals surface area contributed by atoms with Crippen molar-refractivity contribution in [1.29, 1.82) is 0 Å². The van der Waals surface area contributed by atoms with E-state index in [0.717, 1.165) is 0 Å². The summed E-state index contributed by atoms with van der Waals surface area (Å²) in [5.74, 6) is 0.638. The minimum Gasteiger partial charge on any atom is -0.399 e. The Morgan fingerprint density at radius 1 is 1.40 bits per heavy atom. The number of aryl methyl sites for hydroxylation is 1. The predicted octanol–water partition coefficient (Wildman–Crippen LogP) is 2.15. The lowest BCUT2D eigenvalue weighted by atomic mass is 10.3. The van der Waals surface area contributed by atoms with Gasteiger partial charge in [0.2, 0.25) is 10.0 Å². The molecule has 0 amide bonds. The zero-order chi connectivity index (χ0) is 14.9. The van der Waals surface area contributed by atoms with Crippen LogP contribution in [0, 0.1) is 6.92 Å². The minimum absolute atomic E-state index is 0.135. The Kier molecular flexibility index (Phi) is 4.17. The Balaban J connectivity index is 2.29. The fourth-order valence-corrected chi connectivity index (χ4v) is 3.89. The van der Waals surface area contributed by atoms with Crippen LogP contribution >= 0.6 is 15.9 Å². The van der Waals surface area contributed by atoms with E-state index >= 15 is 0 Å². The largest absolute Gasteiger partial charge is 0.399 e. The van der Waals surface area contributed by atoms with Gasteiger partial charge in [-0.25, -0.2) is 8.42 Å². The molecule has 20 heavy (non-hydrogen) atoms. The third kappa shape index (κ3) is 3.02. The van der Waals surface area contributed by atoms with Crippen LogP contribution in [0.4, 0.5) is 5.69 Å². The van der Waals surface area contributed by atoms with Gasteiger partial charge in [-0.3, -0.25) is 0 Å². The molecular formula is C12H14BrN3O3S. The van der Waals surface area contributed by atoms with Crippen molar-refractivity contribution in [2.45, 2.75) is 18.4 Å². The van der Waals surface area contributed by atoms with Gasteiger partial charge in [-0.2, -0.15) is 4.31 Å². The first kappa shape index (κ1) is 15.0. The number of rotatable bonds is 4. The van der Waals surface area contributed by atoms with E-state index in [2.05, 4.69) is 21.1 Å². The highest BCUT2D eigenvalue weighted by Crippen LogP contribution is 2.27. The van der Waals surface area contributed by atoms with E-state index in [1.54, 1.807) is 25.1 Å². The fraction of sp³-hybridized carbons (Fsp3) is 0.250. The molecule has 0 spiro atoms. The highest BCUT2D eigenvalue weighted by atomic mass is 79.9. The van der Waals surface area contributed by atoms with E-state index in [4.69, 9.17) is 10.3 Å². The van der Waals surface area contributed by atoms with Crippen LogP contribution in [0.3, 0.4) is 0 Å². The summed E-state index contributed by atoms with van der Waals surface area (Å²) < 4.78 is 31.5. The fourth-order valence-electron chi connectivity index (χ4n) is 1.70. The van der Waals surface area contributed by atoms with Crippen LogP contribution in [0.1, 0.15) is 11.5 Å². The lowest BCUT2D eigenvalue weighted by Crippen LogP contribution is -2.27. The van der Waals surface area contributed by atoms with E-state index in [1.807, 2.05) is 0 Å². The SMILES string of the molecule is Cc1cc(CN(C)S(=O)(=O)c2ccc(N)cc2Br)no1. The minimum atomic E-state index is -3.63. The number of hydrogen-bond donors (Lipinski definition) is 1. The number of nitrogens with two attached hydrogens (primary N) is 1. The lowest BCUT2D eigenvalue weighted by molar-refractivity contribution is 0.378. The molecule has 0 aliphatic rings. The Morgan fingerprint density at radius 3 is 2.65 bits per heavy atom. The Labute approximate surface area is 125 Å². The van der Waals surface area contributed by atoms with E-state index in [0.29, 0.717) is 21.6 Å². The Morgan fingerprint density at radius 2 is 2.10 bits per heavy atom. The summed E-state index contributed by atoms with van der Waals surface area (Å²) in [5.41, 5.74) is 6.66. The van der Waals surface area contributed by atoms with E-state index < -0.39 is 10.0 Å². The first-order chi connectivity index (χ1) is 9.30. The van der Waals surface area contributed by atoms with Crippen molar-refractivity contribution in [3.63, 3.8) is 0 Å². The Bertz CT molecular complexity index is 727. The number of nitrogen functional groups attached to an aromatic ring is 1. The molecule has 0 saturated carbocycles. The molecule has 0 aliphatic heterocycles. The van der Waals surface area contributed by atoms with Crippen LogP contribution in [0.5, 0.6) is 0 Å². The third-order valence-electron chi connectivity index (χ3n) is 2.71. The lowest BCUT2D eigenvalue weighted by Gasteiger charge is -2.17. The van der Waals surface area contributed by atoms with Crippen molar-refractivity contribution < 1.29 is 12.9 Å². The summed E-state index contributed by atoms with van der Waals surface area (Å²) >= 11 is 3.22. The summed E-state index contributed by atoms with van der Waals surface area (Å²) in [7, 11) is -2.14. The van der Waals surface area contributed by atoms with Gasteiger partial charge in [0.1, 0.15) is 5.76 Å². The zero-order valence-corrected chi connectivity index (χ0v) is 13.4. The molecule has 108 valence electrons. The van der Waals surface area contributed by atoms with Gasteiger partial charge in [-0.1, -0.05) is 5.16 Å². The number of anilines is 1. The smallest absolute Gasteiger partial charge is 0.244 e. The van der Waals surface area contributed by atoms with Crippen LogP contribution in [-0.2, 0) is 16.6 Å². The normalized spacial score (nSPS) is 12.0. The molecule has 0 fully saturated rings. The van der Waals surface area contributed by atoms with Crippen molar-refractivity contribution in [2.75, 3.05) is 12.8 Å². The summed E-state index contributed by atoms with van der Waals surface area (Å²) in [6.45, 7) is 1.89. The standard InChI is InChI=1S/C12H14BrN3O3S/c1-8-5-10(15-19-8)7-16(2)20(17,18)12-4-3-9(14)6-11(12)13/h3-6H,7,14H2,1-2H3. The van der Waals surface area contributed by atoms with Gasteiger partial charge in [0.25, 0.3) is 0 Å². The van der Waals surface area contributed by atoms with Crippen LogP contribution in [0.15, 0.2) is 38.2 Å². The maximum Gasteiger partial charge on any atom is 0.244 e. The number of benzene rings is 1. The molecule has 0 atom stereocenters. The molecular weight excluding hydrogens is 346 g/mol. The second-order valence-corrected chi connectivity index (χ2v) is 7.25. The van der Waals surface area contributed by atoms with Crippen LogP contribution in [-0.4, -0.2) is 24.9 Å². The monoisotopic (exact) mass is 359 g/mol. The van der Waals surface area contributed by atoms with Gasteiger partial charge in [0, 0.05) is 23.3 Å². The summed E-state index contributed by atoms with van der Waals surface area (Å²) in [5, 5.41) is 3.79. The first-order valence-electron chi connectivity index (χ1n) is 5.74. The molecule has 0 saturated heterocycles. The summed E-state index contributed by atoms with van der Waals surface area (Å²) in [4.78, 5) is 0.161. The van der Waals surface area contributed by atoms with Gasteiger partial charge < -0.3 is 10.3 Å². The summed E-state index contributed by atoms with van der Waals surface area (Å²) in [6, 6.07) is 6.27. The molecule has 0 bridgehead atoms. The van der Waals surface area contributed by atoms with E-state index in [1.165, 1.54) is 17.4 Å². The number of halogens is 1. The number of hydrogen-bond acceptors (Lipinski definition) is 5. The molecule has 2 rings (SSSR count). The molecule has 0 unspecified atom stereocenters. The van der Waals surface area contributed by atoms with E-state index in [-0.39, 0.29) is 11.4 Å². The van der Waals surface area contributed by atoms with Crippen molar-refractivity contribution in [1.82, 2.24) is 9.46 Å². The predicted molar refractivity (Wildman–Crippen MR) is 78.4 cm³/mol. The topological polar surface area (TPSA) is 89.4 Å². The second kappa shape index (κ2) is 5.55. The molecule has 0 aliphatic carbocycles. The van der Waals surface area contributed by atoms with E-state index in [9.17, 15) is 8.42 Å². The van der Waals surface area contributed by atoms with Crippen LogP contribution in [0.2, 0.25) is 0 Å². The highest BCUT2D eigenvalue weighted by molar-refractivity contribution is 9.10. The molecule has 8 heteroatoms. The number of aromatic nitrogens is 1.